The van der Waals surface area contributed by atoms with Crippen molar-refractivity contribution in [1.29, 1.82) is 0 Å². The fraction of sp³-hybridized carbons (Fsp3) is 0. The highest BCUT2D eigenvalue weighted by Crippen LogP contribution is 2.40. The van der Waals surface area contributed by atoms with Gasteiger partial charge in [-0.3, -0.25) is 4.98 Å². The third-order valence-corrected chi connectivity index (χ3v) is 11.1. The molecule has 4 heteroatoms. The van der Waals surface area contributed by atoms with Crippen LogP contribution >= 0.6 is 0 Å². The van der Waals surface area contributed by atoms with Crippen molar-refractivity contribution in [3.63, 3.8) is 0 Å². The van der Waals surface area contributed by atoms with E-state index in [2.05, 4.69) is 175 Å². The van der Waals surface area contributed by atoms with Crippen molar-refractivity contribution < 1.29 is 0 Å². The minimum absolute atomic E-state index is 0.611. The molecule has 0 spiro atoms. The Morgan fingerprint density at radius 2 is 0.690 bits per heavy atom. The summed E-state index contributed by atoms with van der Waals surface area (Å²) < 4.78 is 0. The number of hydrogen-bond acceptors (Lipinski definition) is 4. The molecule has 0 saturated heterocycles. The van der Waals surface area contributed by atoms with Crippen LogP contribution in [0.2, 0.25) is 0 Å². The third-order valence-electron chi connectivity index (χ3n) is 11.1. The first-order chi connectivity index (χ1) is 28.7. The molecule has 0 atom stereocenters. The van der Waals surface area contributed by atoms with E-state index in [-0.39, 0.29) is 0 Å². The van der Waals surface area contributed by atoms with Gasteiger partial charge in [-0.05, 0) is 125 Å². The lowest BCUT2D eigenvalue weighted by Crippen LogP contribution is -2.00. The SMILES string of the molecule is c1ccc(-c2nc(-c3ccc(-c4cccnc4)cc3)nc(-c3cc(-c4cccc5cc6ccccc6cc45)cc(-c4cccc5cc6ccccc6cc45)c3)n2)cc1. The molecule has 11 aromatic rings. The van der Waals surface area contributed by atoms with E-state index in [1.54, 1.807) is 6.20 Å². The Morgan fingerprint density at radius 3 is 1.22 bits per heavy atom. The van der Waals surface area contributed by atoms with Gasteiger partial charge in [-0.1, -0.05) is 146 Å². The molecule has 0 aliphatic rings. The van der Waals surface area contributed by atoms with Crippen LogP contribution in [0.5, 0.6) is 0 Å². The Labute approximate surface area is 335 Å². The first kappa shape index (κ1) is 33.5. The number of fused-ring (bicyclic) bond motifs is 4. The number of hydrogen-bond donors (Lipinski definition) is 0. The number of pyridine rings is 1. The molecule has 0 bridgehead atoms. The van der Waals surface area contributed by atoms with Crippen molar-refractivity contribution in [3.8, 4) is 67.5 Å². The highest BCUT2D eigenvalue weighted by atomic mass is 15.0. The van der Waals surface area contributed by atoms with E-state index in [1.165, 1.54) is 43.1 Å². The molecular weight excluding hydrogens is 705 g/mol. The van der Waals surface area contributed by atoms with Gasteiger partial charge < -0.3 is 0 Å². The van der Waals surface area contributed by atoms with Gasteiger partial charge in [-0.2, -0.15) is 0 Å². The zero-order chi connectivity index (χ0) is 38.4. The Morgan fingerprint density at radius 1 is 0.259 bits per heavy atom. The van der Waals surface area contributed by atoms with Crippen molar-refractivity contribution in [1.82, 2.24) is 19.9 Å². The maximum absolute atomic E-state index is 5.24. The molecule has 2 heterocycles. The first-order valence-corrected chi connectivity index (χ1v) is 19.5. The van der Waals surface area contributed by atoms with Gasteiger partial charge in [0, 0.05) is 29.1 Å². The second-order valence-corrected chi connectivity index (χ2v) is 14.7. The van der Waals surface area contributed by atoms with E-state index >= 15 is 0 Å². The fourth-order valence-corrected chi connectivity index (χ4v) is 8.20. The summed E-state index contributed by atoms with van der Waals surface area (Å²) in [7, 11) is 0. The van der Waals surface area contributed by atoms with Gasteiger partial charge in [0.2, 0.25) is 0 Å². The smallest absolute Gasteiger partial charge is 0.164 e. The van der Waals surface area contributed by atoms with Crippen LogP contribution in [-0.4, -0.2) is 19.9 Å². The standard InChI is InChI=1S/C54H34N4/c1-2-11-36(12-3-1)52-56-53(37-24-22-35(23-25-37)44-19-10-26-55-34-44)58-54(57-52)47-30-45(48-20-8-17-42-27-38-13-4-6-15-40(38)32-50(42)48)29-46(31-47)49-21-9-18-43-28-39-14-5-7-16-41(39)33-51(43)49/h1-34H. The molecule has 9 aromatic carbocycles. The first-order valence-electron chi connectivity index (χ1n) is 19.5. The van der Waals surface area contributed by atoms with Crippen LogP contribution in [0.1, 0.15) is 0 Å². The van der Waals surface area contributed by atoms with Crippen LogP contribution in [0, 0.1) is 0 Å². The van der Waals surface area contributed by atoms with Gasteiger partial charge in [0.15, 0.2) is 17.5 Å². The molecule has 270 valence electrons. The minimum Gasteiger partial charge on any atom is -0.264 e. The van der Waals surface area contributed by atoms with Crippen LogP contribution in [0.4, 0.5) is 0 Å². The Balaban J connectivity index is 1.15. The molecule has 0 saturated carbocycles. The van der Waals surface area contributed by atoms with Gasteiger partial charge in [-0.25, -0.2) is 15.0 Å². The Hall–Kier alpha value is -7.82. The quantitative estimate of drug-likeness (QED) is 0.159. The summed E-state index contributed by atoms with van der Waals surface area (Å²) in [5.74, 6) is 1.85. The van der Waals surface area contributed by atoms with Crippen LogP contribution in [0.15, 0.2) is 207 Å². The summed E-state index contributed by atoms with van der Waals surface area (Å²) in [4.78, 5) is 19.8. The lowest BCUT2D eigenvalue weighted by Gasteiger charge is -2.15. The summed E-state index contributed by atoms with van der Waals surface area (Å²) in [6.07, 6.45) is 3.67. The van der Waals surface area contributed by atoms with Crippen LogP contribution in [0.3, 0.4) is 0 Å². The monoisotopic (exact) mass is 738 g/mol. The fourth-order valence-electron chi connectivity index (χ4n) is 8.20. The largest absolute Gasteiger partial charge is 0.264 e. The molecule has 4 nitrogen and oxygen atoms in total. The van der Waals surface area contributed by atoms with E-state index in [0.717, 1.165) is 50.1 Å². The van der Waals surface area contributed by atoms with Crippen LogP contribution < -0.4 is 0 Å². The van der Waals surface area contributed by atoms with Gasteiger partial charge in [0.05, 0.1) is 0 Å². The van der Waals surface area contributed by atoms with E-state index in [0.29, 0.717) is 17.5 Å². The second kappa shape index (κ2) is 14.0. The molecule has 0 amide bonds. The van der Waals surface area contributed by atoms with E-state index in [4.69, 9.17) is 15.0 Å². The molecule has 58 heavy (non-hydrogen) atoms. The van der Waals surface area contributed by atoms with E-state index in [1.807, 2.05) is 30.5 Å². The number of nitrogens with zero attached hydrogens (tertiary/aromatic N) is 4. The maximum atomic E-state index is 5.24. The molecule has 0 aliphatic heterocycles. The average molecular weight is 739 g/mol. The van der Waals surface area contributed by atoms with Crippen molar-refractivity contribution in [2.45, 2.75) is 0 Å². The lowest BCUT2D eigenvalue weighted by atomic mass is 9.90. The third kappa shape index (κ3) is 6.14. The zero-order valence-corrected chi connectivity index (χ0v) is 31.4. The summed E-state index contributed by atoms with van der Waals surface area (Å²) in [5.41, 5.74) is 9.38. The Kier molecular flexibility index (Phi) is 8.11. The summed E-state index contributed by atoms with van der Waals surface area (Å²) in [6, 6.07) is 68.9. The normalized spacial score (nSPS) is 11.4. The Bertz CT molecular complexity index is 3190. The van der Waals surface area contributed by atoms with Crippen LogP contribution in [-0.2, 0) is 0 Å². The number of benzene rings is 9. The van der Waals surface area contributed by atoms with Crippen LogP contribution in [0.25, 0.3) is 111 Å². The molecule has 0 N–H and O–H groups in total. The predicted molar refractivity (Wildman–Crippen MR) is 240 cm³/mol. The molecule has 0 unspecified atom stereocenters. The number of rotatable bonds is 6. The van der Waals surface area contributed by atoms with Crippen molar-refractivity contribution >= 4 is 43.1 Å². The summed E-state index contributed by atoms with van der Waals surface area (Å²) >= 11 is 0. The van der Waals surface area contributed by atoms with Crippen molar-refractivity contribution in [3.05, 3.63) is 207 Å². The highest BCUT2D eigenvalue weighted by Gasteiger charge is 2.17. The predicted octanol–water partition coefficient (Wildman–Crippen LogP) is 13.9. The molecule has 0 aliphatic carbocycles. The minimum atomic E-state index is 0.611. The van der Waals surface area contributed by atoms with Gasteiger partial charge in [0.25, 0.3) is 0 Å². The van der Waals surface area contributed by atoms with E-state index in [9.17, 15) is 0 Å². The molecule has 0 radical (unpaired) electrons. The summed E-state index contributed by atoms with van der Waals surface area (Å²) in [6.45, 7) is 0. The topological polar surface area (TPSA) is 51.6 Å². The van der Waals surface area contributed by atoms with Gasteiger partial charge in [-0.15, -0.1) is 0 Å². The molecule has 2 aromatic heterocycles. The average Bonchev–Trinajstić information content (AvgIpc) is 3.30. The number of aromatic nitrogens is 4. The molecule has 0 fully saturated rings. The molecular formula is C54H34N4. The molecule has 11 rings (SSSR count). The summed E-state index contributed by atoms with van der Waals surface area (Å²) in [5, 5.41) is 9.67. The maximum Gasteiger partial charge on any atom is 0.164 e. The van der Waals surface area contributed by atoms with Crippen molar-refractivity contribution in [2.24, 2.45) is 0 Å². The second-order valence-electron chi connectivity index (χ2n) is 14.7. The van der Waals surface area contributed by atoms with E-state index < -0.39 is 0 Å². The zero-order valence-electron chi connectivity index (χ0n) is 31.4. The van der Waals surface area contributed by atoms with Crippen molar-refractivity contribution in [2.75, 3.05) is 0 Å². The van der Waals surface area contributed by atoms with Gasteiger partial charge in [0.1, 0.15) is 0 Å². The van der Waals surface area contributed by atoms with Gasteiger partial charge >= 0.3 is 0 Å². The highest BCUT2D eigenvalue weighted by molar-refractivity contribution is 6.08. The lowest BCUT2D eigenvalue weighted by molar-refractivity contribution is 1.07.